The van der Waals surface area contributed by atoms with Gasteiger partial charge in [0.25, 0.3) is 0 Å². The molecular weight excluding hydrogens is 200 g/mol. The van der Waals surface area contributed by atoms with Crippen molar-refractivity contribution < 1.29 is 4.79 Å². The van der Waals surface area contributed by atoms with Crippen LogP contribution in [0.4, 0.5) is 0 Å². The predicted octanol–water partition coefficient (Wildman–Crippen LogP) is 1.63. The Hall–Kier alpha value is -0.570. The highest BCUT2D eigenvalue weighted by atomic mass is 16.2. The lowest BCUT2D eigenvalue weighted by Crippen LogP contribution is -2.32. The molecule has 2 aliphatic rings. The summed E-state index contributed by atoms with van der Waals surface area (Å²) < 4.78 is 0. The maximum absolute atomic E-state index is 11.7. The van der Waals surface area contributed by atoms with Gasteiger partial charge in [0.2, 0.25) is 5.91 Å². The van der Waals surface area contributed by atoms with Crippen LogP contribution in [0.25, 0.3) is 0 Å². The van der Waals surface area contributed by atoms with E-state index in [1.807, 2.05) is 0 Å². The summed E-state index contributed by atoms with van der Waals surface area (Å²) in [5.41, 5.74) is 0. The van der Waals surface area contributed by atoms with Crippen molar-refractivity contribution in [2.24, 2.45) is 11.8 Å². The highest BCUT2D eigenvalue weighted by Gasteiger charge is 2.28. The van der Waals surface area contributed by atoms with Crippen LogP contribution in [-0.2, 0) is 4.79 Å². The maximum atomic E-state index is 11.7. The van der Waals surface area contributed by atoms with Gasteiger partial charge in [0.05, 0.1) is 0 Å². The molecule has 0 aromatic carbocycles. The van der Waals surface area contributed by atoms with Gasteiger partial charge in [-0.2, -0.15) is 0 Å². The fourth-order valence-corrected chi connectivity index (χ4v) is 2.85. The van der Waals surface area contributed by atoms with Crippen LogP contribution in [0.5, 0.6) is 0 Å². The van der Waals surface area contributed by atoms with E-state index in [-0.39, 0.29) is 0 Å². The lowest BCUT2D eigenvalue weighted by molar-refractivity contribution is -0.127. The number of amides is 1. The molecule has 1 atom stereocenters. The first kappa shape index (κ1) is 11.9. The molecule has 0 aliphatic carbocycles. The molecule has 16 heavy (non-hydrogen) atoms. The number of piperidine rings is 1. The third-order valence-electron chi connectivity index (χ3n) is 4.14. The van der Waals surface area contributed by atoms with Crippen molar-refractivity contribution in [3.05, 3.63) is 0 Å². The van der Waals surface area contributed by atoms with Gasteiger partial charge in [-0.3, -0.25) is 4.79 Å². The van der Waals surface area contributed by atoms with Gasteiger partial charge in [0.15, 0.2) is 0 Å². The van der Waals surface area contributed by atoms with E-state index >= 15 is 0 Å². The first-order valence-corrected chi connectivity index (χ1v) is 6.78. The second-order valence-corrected chi connectivity index (χ2v) is 5.30. The molecule has 1 unspecified atom stereocenters. The Bertz CT molecular complexity index is 236. The molecule has 0 bridgehead atoms. The predicted molar refractivity (Wildman–Crippen MR) is 65.2 cm³/mol. The van der Waals surface area contributed by atoms with Gasteiger partial charge < -0.3 is 10.2 Å². The largest absolute Gasteiger partial charge is 0.342 e. The van der Waals surface area contributed by atoms with Gasteiger partial charge in [0, 0.05) is 19.5 Å². The zero-order valence-corrected chi connectivity index (χ0v) is 10.4. The van der Waals surface area contributed by atoms with Gasteiger partial charge in [-0.05, 0) is 44.2 Å². The smallest absolute Gasteiger partial charge is 0.222 e. The summed E-state index contributed by atoms with van der Waals surface area (Å²) in [6.07, 6.45) is 5.74. The standard InChI is InChI=1S/C13H24N2O/c1-2-11-9-13(16)15(10-11)8-5-12-3-6-14-7-4-12/h11-12,14H,2-10H2,1H3. The van der Waals surface area contributed by atoms with Crippen LogP contribution >= 0.6 is 0 Å². The molecule has 0 aromatic heterocycles. The average Bonchev–Trinajstić information content (AvgIpc) is 2.69. The number of hydrogen-bond donors (Lipinski definition) is 1. The molecule has 2 aliphatic heterocycles. The number of rotatable bonds is 4. The van der Waals surface area contributed by atoms with Crippen LogP contribution in [0.3, 0.4) is 0 Å². The second kappa shape index (κ2) is 5.67. The molecule has 2 heterocycles. The molecule has 1 amide bonds. The molecule has 0 saturated carbocycles. The lowest BCUT2D eigenvalue weighted by Gasteiger charge is -2.25. The zero-order valence-electron chi connectivity index (χ0n) is 10.4. The molecule has 2 rings (SSSR count). The van der Waals surface area contributed by atoms with E-state index in [2.05, 4.69) is 17.1 Å². The number of nitrogens with one attached hydrogen (secondary N) is 1. The number of carbonyl (C=O) groups excluding carboxylic acids is 1. The van der Waals surface area contributed by atoms with Gasteiger partial charge in [-0.1, -0.05) is 13.3 Å². The Kier molecular flexibility index (Phi) is 4.22. The molecule has 2 fully saturated rings. The Morgan fingerprint density at radius 3 is 2.69 bits per heavy atom. The SMILES string of the molecule is CCC1CC(=O)N(CCC2CCNCC2)C1. The van der Waals surface area contributed by atoms with E-state index in [4.69, 9.17) is 0 Å². The summed E-state index contributed by atoms with van der Waals surface area (Å²) in [5.74, 6) is 1.86. The van der Waals surface area contributed by atoms with Crippen LogP contribution in [-0.4, -0.2) is 37.0 Å². The highest BCUT2D eigenvalue weighted by Crippen LogP contribution is 2.23. The van der Waals surface area contributed by atoms with E-state index in [9.17, 15) is 4.79 Å². The molecule has 3 heteroatoms. The fourth-order valence-electron chi connectivity index (χ4n) is 2.85. The number of hydrogen-bond acceptors (Lipinski definition) is 2. The minimum Gasteiger partial charge on any atom is -0.342 e. The minimum absolute atomic E-state index is 0.390. The van der Waals surface area contributed by atoms with E-state index in [0.29, 0.717) is 11.8 Å². The van der Waals surface area contributed by atoms with Crippen molar-refractivity contribution in [1.29, 1.82) is 0 Å². The Labute approximate surface area is 98.6 Å². The van der Waals surface area contributed by atoms with Crippen molar-refractivity contribution in [2.75, 3.05) is 26.2 Å². The third kappa shape index (κ3) is 2.97. The van der Waals surface area contributed by atoms with Crippen LogP contribution in [0.15, 0.2) is 0 Å². The molecule has 3 nitrogen and oxygen atoms in total. The Morgan fingerprint density at radius 2 is 2.06 bits per heavy atom. The number of nitrogens with zero attached hydrogens (tertiary/aromatic N) is 1. The monoisotopic (exact) mass is 224 g/mol. The molecule has 92 valence electrons. The van der Waals surface area contributed by atoms with Gasteiger partial charge in [0.1, 0.15) is 0 Å². The van der Waals surface area contributed by atoms with Gasteiger partial charge >= 0.3 is 0 Å². The summed E-state index contributed by atoms with van der Waals surface area (Å²) in [6, 6.07) is 0. The summed E-state index contributed by atoms with van der Waals surface area (Å²) in [7, 11) is 0. The zero-order chi connectivity index (χ0) is 11.4. The van der Waals surface area contributed by atoms with Crippen molar-refractivity contribution in [3.63, 3.8) is 0 Å². The molecule has 0 radical (unpaired) electrons. The first-order chi connectivity index (χ1) is 7.79. The van der Waals surface area contributed by atoms with Crippen LogP contribution in [0.2, 0.25) is 0 Å². The summed E-state index contributed by atoms with van der Waals surface area (Å²) in [4.78, 5) is 13.8. The van der Waals surface area contributed by atoms with Crippen molar-refractivity contribution in [1.82, 2.24) is 10.2 Å². The van der Waals surface area contributed by atoms with Crippen molar-refractivity contribution >= 4 is 5.91 Å². The Morgan fingerprint density at radius 1 is 1.31 bits per heavy atom. The van der Waals surface area contributed by atoms with E-state index in [1.54, 1.807) is 0 Å². The van der Waals surface area contributed by atoms with Crippen LogP contribution < -0.4 is 5.32 Å². The number of carbonyl (C=O) groups is 1. The quantitative estimate of drug-likeness (QED) is 0.787. The molecule has 2 saturated heterocycles. The summed E-state index contributed by atoms with van der Waals surface area (Å²) in [6.45, 7) is 6.53. The maximum Gasteiger partial charge on any atom is 0.222 e. The van der Waals surface area contributed by atoms with Crippen LogP contribution in [0, 0.1) is 11.8 Å². The minimum atomic E-state index is 0.390. The van der Waals surface area contributed by atoms with E-state index in [0.717, 1.165) is 44.9 Å². The molecular formula is C13H24N2O. The lowest BCUT2D eigenvalue weighted by atomic mass is 9.94. The van der Waals surface area contributed by atoms with Crippen molar-refractivity contribution in [2.45, 2.75) is 39.0 Å². The summed E-state index contributed by atoms with van der Waals surface area (Å²) in [5, 5.41) is 3.39. The second-order valence-electron chi connectivity index (χ2n) is 5.30. The molecule has 0 spiro atoms. The highest BCUT2D eigenvalue weighted by molar-refractivity contribution is 5.78. The first-order valence-electron chi connectivity index (χ1n) is 6.78. The molecule has 0 aromatic rings. The molecule has 1 N–H and O–H groups in total. The number of likely N-dealkylation sites (tertiary alicyclic amines) is 1. The van der Waals surface area contributed by atoms with E-state index < -0.39 is 0 Å². The average molecular weight is 224 g/mol. The van der Waals surface area contributed by atoms with Gasteiger partial charge in [-0.25, -0.2) is 0 Å². The Balaban J connectivity index is 1.71. The topological polar surface area (TPSA) is 32.3 Å². The van der Waals surface area contributed by atoms with Crippen molar-refractivity contribution in [3.8, 4) is 0 Å². The fraction of sp³-hybridized carbons (Fsp3) is 0.923. The third-order valence-corrected chi connectivity index (χ3v) is 4.14. The van der Waals surface area contributed by atoms with Crippen LogP contribution in [0.1, 0.15) is 39.0 Å². The van der Waals surface area contributed by atoms with Gasteiger partial charge in [-0.15, -0.1) is 0 Å². The summed E-state index contributed by atoms with van der Waals surface area (Å²) >= 11 is 0. The van der Waals surface area contributed by atoms with E-state index in [1.165, 1.54) is 19.3 Å². The normalized spacial score (nSPS) is 27.7.